The van der Waals surface area contributed by atoms with Gasteiger partial charge >= 0.3 is 0 Å². The van der Waals surface area contributed by atoms with E-state index in [0.717, 1.165) is 38.3 Å². The monoisotopic (exact) mass is 333 g/mol. The number of hydrogen-bond donors (Lipinski definition) is 1. The smallest absolute Gasteiger partial charge is 0.143 e. The predicted octanol–water partition coefficient (Wildman–Crippen LogP) is 2.23. The van der Waals surface area contributed by atoms with E-state index in [-0.39, 0.29) is 0 Å². The van der Waals surface area contributed by atoms with E-state index >= 15 is 0 Å². The van der Waals surface area contributed by atoms with Crippen molar-refractivity contribution < 1.29 is 4.74 Å². The minimum atomic E-state index is 0.304. The Labute approximate surface area is 141 Å². The third-order valence-corrected chi connectivity index (χ3v) is 5.99. The van der Waals surface area contributed by atoms with Crippen molar-refractivity contribution in [3.05, 3.63) is 36.2 Å². The lowest BCUT2D eigenvalue weighted by molar-refractivity contribution is 0.0766. The molecule has 0 aliphatic carbocycles. The average molecular weight is 333 g/mol. The molecule has 3 rings (SSSR count). The van der Waals surface area contributed by atoms with Gasteiger partial charge in [0, 0.05) is 30.5 Å². The van der Waals surface area contributed by atoms with E-state index in [9.17, 15) is 0 Å². The van der Waals surface area contributed by atoms with E-state index in [1.807, 2.05) is 23.9 Å². The molecule has 0 amide bonds. The standard InChI is InChI=1S/C16H23N5OS/c1-13(17-11-16(23-2)7-9-22-10-8-16)14-3-5-15(6-4-14)21-12-18-19-20-21/h3-6,12-13,17H,7-11H2,1-2H3. The van der Waals surface area contributed by atoms with Crippen molar-refractivity contribution in [3.63, 3.8) is 0 Å². The molecule has 0 bridgehead atoms. The van der Waals surface area contributed by atoms with Crippen LogP contribution in [0.25, 0.3) is 5.69 Å². The Bertz CT molecular complexity index is 595. The molecule has 1 N–H and O–H groups in total. The number of rotatable bonds is 6. The molecule has 2 aromatic rings. The van der Waals surface area contributed by atoms with Gasteiger partial charge in [0.2, 0.25) is 0 Å². The summed E-state index contributed by atoms with van der Waals surface area (Å²) in [7, 11) is 0. The van der Waals surface area contributed by atoms with E-state index in [1.54, 1.807) is 11.0 Å². The number of nitrogens with one attached hydrogen (secondary N) is 1. The highest BCUT2D eigenvalue weighted by atomic mass is 32.2. The molecule has 0 spiro atoms. The van der Waals surface area contributed by atoms with Gasteiger partial charge in [-0.1, -0.05) is 12.1 Å². The first-order chi connectivity index (χ1) is 11.2. The van der Waals surface area contributed by atoms with Crippen LogP contribution in [0.5, 0.6) is 0 Å². The Kier molecular flexibility index (Phi) is 5.30. The fourth-order valence-electron chi connectivity index (χ4n) is 2.85. The number of hydrogen-bond acceptors (Lipinski definition) is 6. The molecule has 23 heavy (non-hydrogen) atoms. The quantitative estimate of drug-likeness (QED) is 0.874. The number of benzene rings is 1. The molecule has 1 aromatic carbocycles. The first-order valence-electron chi connectivity index (χ1n) is 7.92. The highest BCUT2D eigenvalue weighted by molar-refractivity contribution is 8.00. The van der Waals surface area contributed by atoms with Gasteiger partial charge in [0.25, 0.3) is 0 Å². The van der Waals surface area contributed by atoms with E-state index in [1.165, 1.54) is 5.56 Å². The van der Waals surface area contributed by atoms with Crippen LogP contribution in [0.2, 0.25) is 0 Å². The molecule has 1 saturated heterocycles. The highest BCUT2D eigenvalue weighted by Gasteiger charge is 2.31. The largest absolute Gasteiger partial charge is 0.381 e. The lowest BCUT2D eigenvalue weighted by Crippen LogP contribution is -2.43. The number of ether oxygens (including phenoxy) is 1. The van der Waals surface area contributed by atoms with Crippen molar-refractivity contribution in [2.75, 3.05) is 26.0 Å². The summed E-state index contributed by atoms with van der Waals surface area (Å²) in [4.78, 5) is 0. The molecule has 1 aliphatic rings. The zero-order valence-corrected chi connectivity index (χ0v) is 14.4. The number of nitrogens with zero attached hydrogens (tertiary/aromatic N) is 4. The lowest BCUT2D eigenvalue weighted by atomic mass is 9.98. The Balaban J connectivity index is 1.60. The molecular formula is C16H23N5OS. The van der Waals surface area contributed by atoms with Crippen molar-refractivity contribution in [3.8, 4) is 5.69 Å². The molecular weight excluding hydrogens is 310 g/mol. The average Bonchev–Trinajstić information content (AvgIpc) is 3.15. The van der Waals surface area contributed by atoms with Crippen LogP contribution in [0.15, 0.2) is 30.6 Å². The Hall–Kier alpha value is -1.44. The highest BCUT2D eigenvalue weighted by Crippen LogP contribution is 2.33. The first-order valence-corrected chi connectivity index (χ1v) is 9.14. The third-order valence-electron chi connectivity index (χ3n) is 4.57. The molecule has 1 fully saturated rings. The van der Waals surface area contributed by atoms with Crippen molar-refractivity contribution >= 4 is 11.8 Å². The van der Waals surface area contributed by atoms with Gasteiger partial charge in [0.1, 0.15) is 6.33 Å². The van der Waals surface area contributed by atoms with Gasteiger partial charge in [-0.3, -0.25) is 0 Å². The van der Waals surface area contributed by atoms with Crippen molar-refractivity contribution in [1.82, 2.24) is 25.5 Å². The summed E-state index contributed by atoms with van der Waals surface area (Å²) in [5, 5.41) is 14.9. The normalized spacial score (nSPS) is 18.7. The van der Waals surface area contributed by atoms with Gasteiger partial charge in [-0.2, -0.15) is 11.8 Å². The Morgan fingerprint density at radius 2 is 2.04 bits per heavy atom. The molecule has 7 heteroatoms. The SMILES string of the molecule is CSC1(CNC(C)c2ccc(-n3cnnn3)cc2)CCOCC1. The number of tetrazole rings is 1. The molecule has 2 heterocycles. The number of aromatic nitrogens is 4. The second-order valence-corrected chi connectivity index (χ2v) is 7.22. The van der Waals surface area contributed by atoms with Gasteiger partial charge < -0.3 is 10.1 Å². The summed E-state index contributed by atoms with van der Waals surface area (Å²) < 4.78 is 7.47. The van der Waals surface area contributed by atoms with Crippen molar-refractivity contribution in [2.24, 2.45) is 0 Å². The first kappa shape index (κ1) is 16.4. The molecule has 0 radical (unpaired) electrons. The van der Waals surface area contributed by atoms with Gasteiger partial charge in [-0.05, 0) is 54.1 Å². The lowest BCUT2D eigenvalue weighted by Gasteiger charge is -2.36. The number of thioether (sulfide) groups is 1. The minimum Gasteiger partial charge on any atom is -0.381 e. The second kappa shape index (κ2) is 7.42. The zero-order chi connectivity index (χ0) is 16.1. The fourth-order valence-corrected chi connectivity index (χ4v) is 3.65. The summed E-state index contributed by atoms with van der Waals surface area (Å²) in [6, 6.07) is 8.66. The second-order valence-electron chi connectivity index (χ2n) is 5.95. The molecule has 124 valence electrons. The van der Waals surface area contributed by atoms with Crippen LogP contribution in [0, 0.1) is 0 Å². The van der Waals surface area contributed by atoms with Crippen LogP contribution in [-0.4, -0.2) is 51.0 Å². The summed E-state index contributed by atoms with van der Waals surface area (Å²) in [5.74, 6) is 0. The Morgan fingerprint density at radius 3 is 2.65 bits per heavy atom. The third kappa shape index (κ3) is 3.91. The maximum Gasteiger partial charge on any atom is 0.143 e. The molecule has 6 nitrogen and oxygen atoms in total. The maximum atomic E-state index is 5.51. The predicted molar refractivity (Wildman–Crippen MR) is 91.9 cm³/mol. The van der Waals surface area contributed by atoms with Crippen LogP contribution in [0.4, 0.5) is 0 Å². The Morgan fingerprint density at radius 1 is 1.30 bits per heavy atom. The van der Waals surface area contributed by atoms with Crippen molar-refractivity contribution in [2.45, 2.75) is 30.6 Å². The van der Waals surface area contributed by atoms with Gasteiger partial charge in [0.05, 0.1) is 5.69 Å². The molecule has 1 aliphatic heterocycles. The topological polar surface area (TPSA) is 64.9 Å². The van der Waals surface area contributed by atoms with Crippen LogP contribution >= 0.6 is 11.8 Å². The van der Waals surface area contributed by atoms with Gasteiger partial charge in [-0.25, -0.2) is 4.68 Å². The van der Waals surface area contributed by atoms with Crippen LogP contribution < -0.4 is 5.32 Å². The van der Waals surface area contributed by atoms with Gasteiger partial charge in [-0.15, -0.1) is 5.10 Å². The van der Waals surface area contributed by atoms with Crippen molar-refractivity contribution in [1.29, 1.82) is 0 Å². The van der Waals surface area contributed by atoms with E-state index in [2.05, 4.69) is 46.2 Å². The zero-order valence-electron chi connectivity index (χ0n) is 13.6. The summed E-state index contributed by atoms with van der Waals surface area (Å²) in [6.07, 6.45) is 6.04. The molecule has 0 saturated carbocycles. The molecule has 1 atom stereocenters. The maximum absolute atomic E-state index is 5.51. The van der Waals surface area contributed by atoms with Crippen LogP contribution in [-0.2, 0) is 4.74 Å². The summed E-state index contributed by atoms with van der Waals surface area (Å²) in [6.45, 7) is 4.96. The summed E-state index contributed by atoms with van der Waals surface area (Å²) in [5.41, 5.74) is 2.24. The van der Waals surface area contributed by atoms with Crippen LogP contribution in [0.3, 0.4) is 0 Å². The molecule has 1 aromatic heterocycles. The van der Waals surface area contributed by atoms with Gasteiger partial charge in [0.15, 0.2) is 0 Å². The summed E-state index contributed by atoms with van der Waals surface area (Å²) >= 11 is 1.96. The van der Waals surface area contributed by atoms with Crippen LogP contribution in [0.1, 0.15) is 31.4 Å². The van der Waals surface area contributed by atoms with E-state index in [4.69, 9.17) is 4.74 Å². The molecule has 1 unspecified atom stereocenters. The minimum absolute atomic E-state index is 0.304. The van der Waals surface area contributed by atoms with E-state index < -0.39 is 0 Å². The fraction of sp³-hybridized carbons (Fsp3) is 0.562. The van der Waals surface area contributed by atoms with E-state index in [0.29, 0.717) is 10.8 Å².